The molecule has 0 spiro atoms. The van der Waals surface area contributed by atoms with Crippen molar-refractivity contribution in [2.75, 3.05) is 5.32 Å². The van der Waals surface area contributed by atoms with Crippen molar-refractivity contribution in [3.63, 3.8) is 0 Å². The Morgan fingerprint density at radius 2 is 1.73 bits per heavy atom. The summed E-state index contributed by atoms with van der Waals surface area (Å²) in [6.45, 7) is 7.77. The number of hydrogen-bond acceptors (Lipinski definition) is 2. The van der Waals surface area contributed by atoms with Crippen LogP contribution in [0.4, 0.5) is 5.69 Å². The van der Waals surface area contributed by atoms with Crippen LogP contribution >= 0.6 is 22.6 Å². The van der Waals surface area contributed by atoms with Crippen LogP contribution in [0.15, 0.2) is 36.4 Å². The Labute approximate surface area is 145 Å². The van der Waals surface area contributed by atoms with Crippen molar-refractivity contribution in [1.82, 2.24) is 0 Å². The molecule has 0 fully saturated rings. The summed E-state index contributed by atoms with van der Waals surface area (Å²) in [5.74, 6) is 0.572. The maximum absolute atomic E-state index is 12.3. The van der Waals surface area contributed by atoms with E-state index in [1.165, 1.54) is 0 Å². The molecule has 0 bridgehead atoms. The highest BCUT2D eigenvalue weighted by atomic mass is 127. The molecule has 0 aliphatic rings. The highest BCUT2D eigenvalue weighted by Gasteiger charge is 2.16. The third-order valence-corrected chi connectivity index (χ3v) is 3.99. The molecule has 0 saturated carbocycles. The number of benzene rings is 2. The van der Waals surface area contributed by atoms with Crippen molar-refractivity contribution in [3.8, 4) is 5.75 Å². The minimum absolute atomic E-state index is 0.150. The summed E-state index contributed by atoms with van der Waals surface area (Å²) in [5, 5.41) is 2.92. The summed E-state index contributed by atoms with van der Waals surface area (Å²) in [7, 11) is 0. The third kappa shape index (κ3) is 4.47. The molecule has 0 radical (unpaired) electrons. The summed E-state index contributed by atoms with van der Waals surface area (Å²) in [6.07, 6.45) is -0.556. The van der Waals surface area contributed by atoms with Gasteiger partial charge < -0.3 is 10.1 Å². The second kappa shape index (κ2) is 7.13. The predicted molar refractivity (Wildman–Crippen MR) is 98.5 cm³/mol. The van der Waals surface area contributed by atoms with E-state index in [0.717, 1.165) is 31.7 Å². The number of hydrogen-bond donors (Lipinski definition) is 1. The zero-order valence-corrected chi connectivity index (χ0v) is 15.4. The van der Waals surface area contributed by atoms with Crippen LogP contribution in [0.1, 0.15) is 23.6 Å². The van der Waals surface area contributed by atoms with Crippen LogP contribution in [0.5, 0.6) is 5.75 Å². The Balaban J connectivity index is 2.05. The monoisotopic (exact) mass is 409 g/mol. The van der Waals surface area contributed by atoms with Gasteiger partial charge in [-0.05, 0) is 97.3 Å². The summed E-state index contributed by atoms with van der Waals surface area (Å²) < 4.78 is 6.91. The van der Waals surface area contributed by atoms with Crippen LogP contribution in [0.2, 0.25) is 0 Å². The van der Waals surface area contributed by atoms with Gasteiger partial charge in [-0.15, -0.1) is 0 Å². The number of aryl methyl sites for hydroxylation is 3. The molecule has 1 atom stereocenters. The molecule has 0 unspecified atom stereocenters. The lowest BCUT2D eigenvalue weighted by molar-refractivity contribution is -0.122. The van der Waals surface area contributed by atoms with Crippen molar-refractivity contribution in [2.45, 2.75) is 33.8 Å². The van der Waals surface area contributed by atoms with Crippen molar-refractivity contribution in [3.05, 3.63) is 56.7 Å². The number of ether oxygens (including phenoxy) is 1. The largest absolute Gasteiger partial charge is 0.481 e. The van der Waals surface area contributed by atoms with Gasteiger partial charge in [-0.3, -0.25) is 4.79 Å². The van der Waals surface area contributed by atoms with Crippen LogP contribution < -0.4 is 10.1 Å². The van der Waals surface area contributed by atoms with Gasteiger partial charge in [-0.1, -0.05) is 6.07 Å². The number of amides is 1. The smallest absolute Gasteiger partial charge is 0.265 e. The van der Waals surface area contributed by atoms with E-state index in [0.29, 0.717) is 0 Å². The fourth-order valence-corrected chi connectivity index (χ4v) is 2.91. The van der Waals surface area contributed by atoms with Gasteiger partial charge in [0.2, 0.25) is 0 Å². The van der Waals surface area contributed by atoms with Gasteiger partial charge in [0, 0.05) is 9.26 Å². The SMILES string of the molecule is Cc1cc(C)cc(O[C@@H](C)C(=O)Nc2ccc(I)cc2C)c1. The zero-order valence-electron chi connectivity index (χ0n) is 13.2. The maximum atomic E-state index is 12.3. The number of carbonyl (C=O) groups excluding carboxylic acids is 1. The Kier molecular flexibility index (Phi) is 5.45. The second-order valence-corrected chi connectivity index (χ2v) is 6.78. The molecule has 2 aromatic rings. The molecule has 1 amide bonds. The predicted octanol–water partition coefficient (Wildman–Crippen LogP) is 4.62. The Bertz CT molecular complexity index is 677. The first-order chi connectivity index (χ1) is 10.3. The summed E-state index contributed by atoms with van der Waals surface area (Å²) >= 11 is 2.25. The Hall–Kier alpha value is -1.56. The lowest BCUT2D eigenvalue weighted by Crippen LogP contribution is -2.30. The third-order valence-electron chi connectivity index (χ3n) is 3.32. The van der Waals surface area contributed by atoms with Crippen molar-refractivity contribution in [1.29, 1.82) is 0 Å². The molecular formula is C18H20INO2. The van der Waals surface area contributed by atoms with E-state index in [-0.39, 0.29) is 5.91 Å². The Morgan fingerprint density at radius 1 is 1.09 bits per heavy atom. The van der Waals surface area contributed by atoms with Gasteiger partial charge in [0.15, 0.2) is 6.10 Å². The first kappa shape index (κ1) is 16.8. The molecule has 22 heavy (non-hydrogen) atoms. The fourth-order valence-electron chi connectivity index (χ4n) is 2.26. The van der Waals surface area contributed by atoms with Gasteiger partial charge in [0.1, 0.15) is 5.75 Å². The second-order valence-electron chi connectivity index (χ2n) is 5.53. The van der Waals surface area contributed by atoms with E-state index in [9.17, 15) is 4.79 Å². The van der Waals surface area contributed by atoms with Crippen LogP contribution in [0.3, 0.4) is 0 Å². The highest BCUT2D eigenvalue weighted by molar-refractivity contribution is 14.1. The average molecular weight is 409 g/mol. The lowest BCUT2D eigenvalue weighted by atomic mass is 10.1. The van der Waals surface area contributed by atoms with Gasteiger partial charge >= 0.3 is 0 Å². The van der Waals surface area contributed by atoms with Crippen molar-refractivity contribution in [2.24, 2.45) is 0 Å². The molecule has 2 aromatic carbocycles. The fraction of sp³-hybridized carbons (Fsp3) is 0.278. The van der Waals surface area contributed by atoms with Crippen LogP contribution in [-0.4, -0.2) is 12.0 Å². The molecule has 3 nitrogen and oxygen atoms in total. The first-order valence-corrected chi connectivity index (χ1v) is 8.25. The molecule has 1 N–H and O–H groups in total. The quantitative estimate of drug-likeness (QED) is 0.749. The van der Waals surface area contributed by atoms with Crippen molar-refractivity contribution >= 4 is 34.2 Å². The zero-order chi connectivity index (χ0) is 16.3. The van der Waals surface area contributed by atoms with Gasteiger partial charge in [0.25, 0.3) is 5.91 Å². The molecule has 0 saturated heterocycles. The average Bonchev–Trinajstić information content (AvgIpc) is 2.40. The molecule has 116 valence electrons. The van der Waals surface area contributed by atoms with Gasteiger partial charge in [-0.2, -0.15) is 0 Å². The minimum Gasteiger partial charge on any atom is -0.481 e. The summed E-state index contributed by atoms with van der Waals surface area (Å²) in [6, 6.07) is 11.9. The standard InChI is InChI=1S/C18H20INO2/c1-11-7-12(2)9-16(8-11)22-14(4)18(21)20-17-6-5-15(19)10-13(17)3/h5-10,14H,1-4H3,(H,20,21)/t14-/m0/s1. The molecule has 0 aliphatic carbocycles. The normalized spacial score (nSPS) is 11.9. The van der Waals surface area contributed by atoms with Gasteiger partial charge in [-0.25, -0.2) is 0 Å². The van der Waals surface area contributed by atoms with E-state index in [1.807, 2.05) is 51.1 Å². The van der Waals surface area contributed by atoms with Crippen LogP contribution in [-0.2, 0) is 4.79 Å². The number of carbonyl (C=O) groups is 1. The molecule has 0 aliphatic heterocycles. The van der Waals surface area contributed by atoms with Crippen LogP contribution in [0.25, 0.3) is 0 Å². The summed E-state index contributed by atoms with van der Waals surface area (Å²) in [5.41, 5.74) is 4.10. The minimum atomic E-state index is -0.556. The van der Waals surface area contributed by atoms with E-state index in [1.54, 1.807) is 6.92 Å². The topological polar surface area (TPSA) is 38.3 Å². The molecule has 2 rings (SSSR count). The van der Waals surface area contributed by atoms with E-state index in [2.05, 4.69) is 34.0 Å². The van der Waals surface area contributed by atoms with Crippen LogP contribution in [0, 0.1) is 24.3 Å². The number of rotatable bonds is 4. The Morgan fingerprint density at radius 3 is 2.32 bits per heavy atom. The van der Waals surface area contributed by atoms with E-state index >= 15 is 0 Å². The van der Waals surface area contributed by atoms with E-state index < -0.39 is 6.10 Å². The number of nitrogens with one attached hydrogen (secondary N) is 1. The molecular weight excluding hydrogens is 389 g/mol. The highest BCUT2D eigenvalue weighted by Crippen LogP contribution is 2.20. The van der Waals surface area contributed by atoms with Gasteiger partial charge in [0.05, 0.1) is 0 Å². The molecule has 4 heteroatoms. The maximum Gasteiger partial charge on any atom is 0.265 e. The lowest BCUT2D eigenvalue weighted by Gasteiger charge is -2.16. The number of anilines is 1. The number of halogens is 1. The molecule has 0 aromatic heterocycles. The summed E-state index contributed by atoms with van der Waals surface area (Å²) in [4.78, 5) is 12.3. The van der Waals surface area contributed by atoms with E-state index in [4.69, 9.17) is 4.74 Å². The molecule has 0 heterocycles. The first-order valence-electron chi connectivity index (χ1n) is 7.17. The van der Waals surface area contributed by atoms with Crippen molar-refractivity contribution < 1.29 is 9.53 Å².